The Kier molecular flexibility index (Phi) is 18.3. The fourth-order valence-electron chi connectivity index (χ4n) is 10.2. The van der Waals surface area contributed by atoms with Crippen LogP contribution in [-0.4, -0.2) is 200 Å². The minimum absolute atomic E-state index is 0.119. The summed E-state index contributed by atoms with van der Waals surface area (Å²) in [5, 5.41) is 79.0. The van der Waals surface area contributed by atoms with Gasteiger partial charge in [0.1, 0.15) is 77.3 Å². The van der Waals surface area contributed by atoms with E-state index in [1.807, 2.05) is 0 Å². The molecule has 87 heavy (non-hydrogen) atoms. The minimum atomic E-state index is -1.19. The molecule has 12 rings (SSSR count). The van der Waals surface area contributed by atoms with Gasteiger partial charge in [0.25, 0.3) is 11.8 Å². The van der Waals surface area contributed by atoms with Gasteiger partial charge in [0.15, 0.2) is 47.3 Å². The van der Waals surface area contributed by atoms with Crippen LogP contribution in [-0.2, 0) is 25.4 Å². The molecule has 4 unspecified atom stereocenters. The summed E-state index contributed by atoms with van der Waals surface area (Å²) in [7, 11) is 1.50. The molecule has 7 aromatic heterocycles. The molecule has 0 aliphatic carbocycles. The van der Waals surface area contributed by atoms with Crippen LogP contribution < -0.4 is 43.6 Å². The summed E-state index contributed by atoms with van der Waals surface area (Å²) in [6, 6.07) is 14.3. The second-order valence-corrected chi connectivity index (χ2v) is 20.1. The molecular formula is C54H61N19O14. The van der Waals surface area contributed by atoms with Crippen LogP contribution >= 0.6 is 0 Å². The maximum atomic E-state index is 12.7. The lowest BCUT2D eigenvalue weighted by Crippen LogP contribution is -2.53. The zero-order valence-electron chi connectivity index (χ0n) is 46.0. The predicted molar refractivity (Wildman–Crippen MR) is 304 cm³/mol. The van der Waals surface area contributed by atoms with Crippen molar-refractivity contribution in [2.45, 2.75) is 85.9 Å². The van der Waals surface area contributed by atoms with E-state index in [0.29, 0.717) is 56.1 Å². The third-order valence-electron chi connectivity index (χ3n) is 14.6. The molecule has 0 saturated carbocycles. The van der Waals surface area contributed by atoms with Gasteiger partial charge in [-0.15, -0.1) is 0 Å². The SMILES string of the molecule is COc1cccc(C(=O)N[C@@H]2C(O)[C@H](n3cnc4c(N)ncnc43)O[C@@H]2CO)c1.Nc1ccnc2c1ncn2[C@@H]1O[C@H](CO)[C@H](NC(=O)C(N)Cc2ccc(O)cc2)C1O.Nc1ncnc2c1ncn2[C@@H]1O[C@H](CO)[C@H](NC(=O)c2cccnc2)C1O. The number of aliphatic hydroxyl groups excluding tert-OH is 6. The number of carbonyl (C=O) groups excluding carboxylic acids is 3. The van der Waals surface area contributed by atoms with Crippen molar-refractivity contribution in [3.05, 3.63) is 134 Å². The number of aromatic nitrogens is 12. The molecule has 33 heteroatoms. The van der Waals surface area contributed by atoms with Crippen LogP contribution in [0.2, 0.25) is 0 Å². The zero-order valence-corrected chi connectivity index (χ0v) is 46.0. The summed E-state index contributed by atoms with van der Waals surface area (Å²) in [6.07, 6.45) is 2.75. The Bertz CT molecular complexity index is 3860. The van der Waals surface area contributed by atoms with E-state index in [2.05, 4.69) is 60.8 Å². The highest BCUT2D eigenvalue weighted by Crippen LogP contribution is 2.35. The Morgan fingerprint density at radius 1 is 0.598 bits per heavy atom. The third kappa shape index (κ3) is 12.5. The van der Waals surface area contributed by atoms with Gasteiger partial charge in [0, 0.05) is 24.2 Å². The Morgan fingerprint density at radius 2 is 1.08 bits per heavy atom. The number of fused-ring (bicyclic) bond motifs is 3. The number of aliphatic hydroxyl groups is 6. The number of nitrogen functional groups attached to an aromatic ring is 3. The Balaban J connectivity index is 0.000000145. The van der Waals surface area contributed by atoms with E-state index in [1.165, 1.54) is 77.0 Å². The van der Waals surface area contributed by atoms with Gasteiger partial charge in [-0.25, -0.2) is 39.9 Å². The highest BCUT2D eigenvalue weighted by Gasteiger charge is 2.48. The van der Waals surface area contributed by atoms with Crippen molar-refractivity contribution in [2.75, 3.05) is 44.1 Å². The average molecular weight is 1200 g/mol. The summed E-state index contributed by atoms with van der Waals surface area (Å²) in [5.74, 6) is -0.325. The quantitative estimate of drug-likeness (QED) is 0.0498. The lowest BCUT2D eigenvalue weighted by molar-refractivity contribution is -0.124. The van der Waals surface area contributed by atoms with Crippen molar-refractivity contribution in [1.29, 1.82) is 0 Å². The van der Waals surface area contributed by atoms with Crippen molar-refractivity contribution in [2.24, 2.45) is 5.73 Å². The fraction of sp³-hybridized carbons (Fsp3) is 0.333. The van der Waals surface area contributed by atoms with Crippen molar-refractivity contribution >= 4 is 68.5 Å². The average Bonchev–Trinajstić information content (AvgIpc) is 2.33. The maximum absolute atomic E-state index is 12.7. The lowest BCUT2D eigenvalue weighted by Gasteiger charge is -2.23. The lowest BCUT2D eigenvalue weighted by atomic mass is 10.0. The van der Waals surface area contributed by atoms with Crippen LogP contribution in [0, 0.1) is 0 Å². The molecule has 10 heterocycles. The van der Waals surface area contributed by atoms with Crippen molar-refractivity contribution in [1.82, 2.24) is 74.5 Å². The number of ether oxygens (including phenoxy) is 4. The summed E-state index contributed by atoms with van der Waals surface area (Å²) in [5.41, 5.74) is 27.8. The third-order valence-corrected chi connectivity index (χ3v) is 14.6. The van der Waals surface area contributed by atoms with Crippen LogP contribution in [0.15, 0.2) is 117 Å². The highest BCUT2D eigenvalue weighted by atomic mass is 16.6. The van der Waals surface area contributed by atoms with Gasteiger partial charge < -0.3 is 93.6 Å². The number of hydrogen-bond donors (Lipinski definition) is 14. The summed E-state index contributed by atoms with van der Waals surface area (Å²) >= 11 is 0. The van der Waals surface area contributed by atoms with Crippen LogP contribution in [0.4, 0.5) is 17.3 Å². The Hall–Kier alpha value is -9.68. The van der Waals surface area contributed by atoms with Crippen molar-refractivity contribution in [3.63, 3.8) is 0 Å². The zero-order chi connectivity index (χ0) is 61.6. The first kappa shape index (κ1) is 60.4. The molecule has 0 radical (unpaired) electrons. The van der Waals surface area contributed by atoms with Crippen LogP contribution in [0.1, 0.15) is 45.0 Å². The van der Waals surface area contributed by atoms with Gasteiger partial charge in [-0.3, -0.25) is 33.1 Å². The second kappa shape index (κ2) is 26.3. The molecule has 3 aliphatic rings. The summed E-state index contributed by atoms with van der Waals surface area (Å²) < 4.78 is 27.0. The topological polar surface area (TPSA) is 501 Å². The van der Waals surface area contributed by atoms with Crippen LogP contribution in [0.25, 0.3) is 33.5 Å². The van der Waals surface area contributed by atoms with E-state index < -0.39 is 117 Å². The predicted octanol–water partition coefficient (Wildman–Crippen LogP) is -2.66. The number of aromatic hydroxyl groups is 1. The molecule has 3 amide bonds. The first-order chi connectivity index (χ1) is 42.0. The summed E-state index contributed by atoms with van der Waals surface area (Å²) in [4.78, 5) is 74.4. The molecule has 0 spiro atoms. The number of benzene rings is 2. The number of phenolic OH excluding ortho intramolecular Hbond substituents is 1. The first-order valence-electron chi connectivity index (χ1n) is 26.8. The van der Waals surface area contributed by atoms with Gasteiger partial charge in [0.05, 0.1) is 81.3 Å². The van der Waals surface area contributed by atoms with Gasteiger partial charge in [-0.2, -0.15) is 0 Å². The summed E-state index contributed by atoms with van der Waals surface area (Å²) in [6.45, 7) is -1.22. The number of phenols is 1. The normalized spacial score (nSPS) is 24.4. The monoisotopic (exact) mass is 1200 g/mol. The van der Waals surface area contributed by atoms with Gasteiger partial charge >= 0.3 is 0 Å². The number of nitrogens with one attached hydrogen (secondary N) is 3. The van der Waals surface area contributed by atoms with Gasteiger partial charge in [0.2, 0.25) is 5.91 Å². The molecule has 13 atom stereocenters. The van der Waals surface area contributed by atoms with Crippen LogP contribution in [0.5, 0.6) is 11.5 Å². The molecule has 3 saturated heterocycles. The number of pyridine rings is 2. The molecule has 18 N–H and O–H groups in total. The Labute approximate surface area is 491 Å². The minimum Gasteiger partial charge on any atom is -0.508 e. The molecule has 3 aliphatic heterocycles. The number of carbonyl (C=O) groups is 3. The largest absolute Gasteiger partial charge is 0.508 e. The van der Waals surface area contributed by atoms with E-state index in [1.54, 1.807) is 60.8 Å². The second-order valence-electron chi connectivity index (χ2n) is 20.1. The number of rotatable bonds is 15. The van der Waals surface area contributed by atoms with E-state index in [0.717, 1.165) is 5.56 Å². The smallest absolute Gasteiger partial charge is 0.253 e. The molecule has 33 nitrogen and oxygen atoms in total. The molecule has 9 aromatic rings. The standard InChI is InChI=1S/C20H24N6O5.C18H20N6O5.C16H17N7O4/c21-12-5-6-23-18-15(12)24-9-26(18)20-17(29)16(14(8-27)31-20)25-19(30)13(22)7-10-1-3-11(28)4-2-10;1-28-10-4-2-3-9(5-10)17(27)23-12-11(6-25)29-18(14(12)26)24-8-22-13-15(19)20-7-21-16(13)24;17-13-11-14(20-6-19-13)23(7-21-11)16-12(25)10(9(5-24)27-16)22-15(26)8-2-1-3-18-4-8/h1-6,9,13-14,16-17,20,27-29H,7-8,22H2,(H2,21,23)(H,25,30);2-5,7-8,11-12,14,18,25-26H,6H2,1H3,(H,23,27)(H2,19,20,21);1-4,6-7,9-10,12,16,24-25H,5H2,(H,22,26)(H2,17,19,20)/t13?,14-,16+,17?,20-;11-,12+,14?,18-;9-,10+,12?,16-/m111/s1. The number of anilines is 3. The molecule has 456 valence electrons. The number of hydrogen-bond acceptors (Lipinski definition) is 27. The molecule has 2 aromatic carbocycles. The van der Waals surface area contributed by atoms with E-state index in [9.17, 15) is 50.1 Å². The highest BCUT2D eigenvalue weighted by molar-refractivity contribution is 5.95. The number of imidazole rings is 3. The van der Waals surface area contributed by atoms with Crippen molar-refractivity contribution < 1.29 is 69.1 Å². The first-order valence-corrected chi connectivity index (χ1v) is 26.8. The maximum Gasteiger partial charge on any atom is 0.253 e. The molecular weight excluding hydrogens is 1140 g/mol. The Morgan fingerprint density at radius 3 is 1.57 bits per heavy atom. The number of amides is 3. The van der Waals surface area contributed by atoms with E-state index >= 15 is 0 Å². The number of nitrogens with two attached hydrogens (primary N) is 4. The van der Waals surface area contributed by atoms with Crippen molar-refractivity contribution in [3.8, 4) is 11.5 Å². The fourth-order valence-corrected chi connectivity index (χ4v) is 10.2. The molecule has 0 bridgehead atoms. The van der Waals surface area contributed by atoms with Gasteiger partial charge in [-0.1, -0.05) is 18.2 Å². The molecule has 3 fully saturated rings. The number of nitrogens with zero attached hydrogens (tertiary/aromatic N) is 12. The van der Waals surface area contributed by atoms with E-state index in [-0.39, 0.29) is 23.8 Å². The van der Waals surface area contributed by atoms with Crippen LogP contribution in [0.3, 0.4) is 0 Å². The van der Waals surface area contributed by atoms with E-state index in [4.69, 9.17) is 41.9 Å². The van der Waals surface area contributed by atoms with Gasteiger partial charge in [-0.05, 0) is 60.5 Å². The number of methoxy groups -OCH3 is 1.